The van der Waals surface area contributed by atoms with E-state index in [1.54, 1.807) is 6.07 Å². The van der Waals surface area contributed by atoms with Gasteiger partial charge in [-0.1, -0.05) is 18.2 Å². The summed E-state index contributed by atoms with van der Waals surface area (Å²) in [5.41, 5.74) is 2.80. The van der Waals surface area contributed by atoms with Crippen LogP contribution in [0.3, 0.4) is 0 Å². The maximum absolute atomic E-state index is 13.8. The summed E-state index contributed by atoms with van der Waals surface area (Å²) in [5.74, 6) is -0.133. The minimum absolute atomic E-state index is 0.0153. The molecule has 5 nitrogen and oxygen atoms in total. The van der Waals surface area contributed by atoms with Crippen LogP contribution in [-0.4, -0.2) is 61.5 Å². The van der Waals surface area contributed by atoms with Gasteiger partial charge in [-0.25, -0.2) is 4.39 Å². The van der Waals surface area contributed by atoms with Crippen LogP contribution in [0, 0.1) is 5.82 Å². The second-order valence-electron chi connectivity index (χ2n) is 7.93. The molecule has 1 N–H and O–H groups in total. The van der Waals surface area contributed by atoms with Gasteiger partial charge in [-0.05, 0) is 43.2 Å². The van der Waals surface area contributed by atoms with Gasteiger partial charge in [-0.15, -0.1) is 0 Å². The van der Waals surface area contributed by atoms with Gasteiger partial charge >= 0.3 is 0 Å². The van der Waals surface area contributed by atoms with Crippen molar-refractivity contribution in [2.75, 3.05) is 56.0 Å². The highest BCUT2D eigenvalue weighted by molar-refractivity contribution is 5.92. The third-order valence-corrected chi connectivity index (χ3v) is 5.81. The molecule has 0 bridgehead atoms. The fourth-order valence-electron chi connectivity index (χ4n) is 4.11. The first-order chi connectivity index (χ1) is 14.2. The maximum atomic E-state index is 13.8. The van der Waals surface area contributed by atoms with Gasteiger partial charge in [0.1, 0.15) is 5.82 Å². The van der Waals surface area contributed by atoms with Crippen LogP contribution in [-0.2, 0) is 11.3 Å². The fourth-order valence-corrected chi connectivity index (χ4v) is 4.11. The van der Waals surface area contributed by atoms with E-state index in [4.69, 9.17) is 0 Å². The normalized spacial score (nSPS) is 18.2. The molecule has 0 unspecified atom stereocenters. The number of piperazine rings is 1. The molecule has 0 aliphatic carbocycles. The van der Waals surface area contributed by atoms with Gasteiger partial charge in [-0.2, -0.15) is 0 Å². The molecule has 0 radical (unpaired) electrons. The predicted octanol–water partition coefficient (Wildman–Crippen LogP) is 3.18. The van der Waals surface area contributed by atoms with E-state index in [-0.39, 0.29) is 11.7 Å². The van der Waals surface area contributed by atoms with Crippen molar-refractivity contribution in [2.45, 2.75) is 19.4 Å². The summed E-state index contributed by atoms with van der Waals surface area (Å²) in [7, 11) is 0. The number of amides is 1. The molecule has 2 fully saturated rings. The van der Waals surface area contributed by atoms with Crippen LogP contribution in [0.15, 0.2) is 48.5 Å². The van der Waals surface area contributed by atoms with Gasteiger partial charge in [0, 0.05) is 62.8 Å². The first-order valence-electron chi connectivity index (χ1n) is 10.5. The number of benzene rings is 2. The van der Waals surface area contributed by atoms with E-state index in [0.717, 1.165) is 50.5 Å². The van der Waals surface area contributed by atoms with E-state index in [1.807, 2.05) is 24.3 Å². The molecule has 29 heavy (non-hydrogen) atoms. The smallest absolute Gasteiger partial charge is 0.238 e. The number of hydrogen-bond acceptors (Lipinski definition) is 4. The number of carbonyl (C=O) groups is 1. The van der Waals surface area contributed by atoms with E-state index >= 15 is 0 Å². The number of nitrogens with one attached hydrogen (secondary N) is 1. The minimum Gasteiger partial charge on any atom is -0.372 e. The molecular formula is C23H29FN4O. The van der Waals surface area contributed by atoms with E-state index in [9.17, 15) is 9.18 Å². The molecule has 2 aliphatic heterocycles. The predicted molar refractivity (Wildman–Crippen MR) is 115 cm³/mol. The van der Waals surface area contributed by atoms with Gasteiger partial charge < -0.3 is 10.2 Å². The SMILES string of the molecule is O=C(CN1CCN(Cc2ccccc2F)CC1)Nc1ccc(N2CCCC2)cc1. The van der Waals surface area contributed by atoms with Gasteiger partial charge in [0.2, 0.25) is 5.91 Å². The molecule has 4 rings (SSSR count). The Hall–Kier alpha value is -2.44. The molecule has 6 heteroatoms. The average Bonchev–Trinajstić information content (AvgIpc) is 3.27. The Kier molecular flexibility index (Phi) is 6.42. The van der Waals surface area contributed by atoms with Crippen LogP contribution in [0.1, 0.15) is 18.4 Å². The molecule has 0 atom stereocenters. The van der Waals surface area contributed by atoms with Crippen molar-refractivity contribution < 1.29 is 9.18 Å². The molecule has 2 saturated heterocycles. The molecule has 2 aromatic carbocycles. The average molecular weight is 397 g/mol. The maximum Gasteiger partial charge on any atom is 0.238 e. The summed E-state index contributed by atoms with van der Waals surface area (Å²) in [4.78, 5) is 19.2. The third kappa shape index (κ3) is 5.34. The van der Waals surface area contributed by atoms with Crippen molar-refractivity contribution in [1.82, 2.24) is 9.80 Å². The van der Waals surface area contributed by atoms with Crippen molar-refractivity contribution in [3.8, 4) is 0 Å². The Morgan fingerprint density at radius 2 is 1.52 bits per heavy atom. The number of nitrogens with zero attached hydrogens (tertiary/aromatic N) is 3. The number of rotatable bonds is 6. The molecular weight excluding hydrogens is 367 g/mol. The lowest BCUT2D eigenvalue weighted by Crippen LogP contribution is -2.48. The van der Waals surface area contributed by atoms with Crippen molar-refractivity contribution in [3.63, 3.8) is 0 Å². The van der Waals surface area contributed by atoms with E-state index < -0.39 is 0 Å². The fraction of sp³-hybridized carbons (Fsp3) is 0.435. The highest BCUT2D eigenvalue weighted by Crippen LogP contribution is 2.22. The summed E-state index contributed by atoms with van der Waals surface area (Å²) in [6.45, 7) is 6.56. The van der Waals surface area contributed by atoms with Crippen molar-refractivity contribution in [2.24, 2.45) is 0 Å². The number of halogens is 1. The topological polar surface area (TPSA) is 38.8 Å². The highest BCUT2D eigenvalue weighted by atomic mass is 19.1. The van der Waals surface area contributed by atoms with Crippen LogP contribution < -0.4 is 10.2 Å². The summed E-state index contributed by atoms with van der Waals surface area (Å²) in [5, 5.41) is 3.00. The second kappa shape index (κ2) is 9.37. The van der Waals surface area contributed by atoms with Crippen LogP contribution in [0.4, 0.5) is 15.8 Å². The molecule has 0 saturated carbocycles. The molecule has 0 spiro atoms. The van der Waals surface area contributed by atoms with Crippen LogP contribution in [0.2, 0.25) is 0 Å². The van der Waals surface area contributed by atoms with Crippen molar-refractivity contribution >= 4 is 17.3 Å². The molecule has 0 aromatic heterocycles. The highest BCUT2D eigenvalue weighted by Gasteiger charge is 2.20. The van der Waals surface area contributed by atoms with Gasteiger partial charge in [0.25, 0.3) is 0 Å². The van der Waals surface area contributed by atoms with Crippen LogP contribution in [0.5, 0.6) is 0 Å². The zero-order valence-electron chi connectivity index (χ0n) is 16.8. The zero-order valence-corrected chi connectivity index (χ0v) is 16.8. The Morgan fingerprint density at radius 3 is 2.21 bits per heavy atom. The Balaban J connectivity index is 1.21. The van der Waals surface area contributed by atoms with Gasteiger partial charge in [0.15, 0.2) is 0 Å². The summed E-state index contributed by atoms with van der Waals surface area (Å²) in [6, 6.07) is 15.1. The van der Waals surface area contributed by atoms with Crippen LogP contribution in [0.25, 0.3) is 0 Å². The minimum atomic E-state index is -0.148. The standard InChI is InChI=1S/C23H29FN4O/c24-22-6-2-1-5-19(22)17-26-13-15-27(16-14-26)18-23(29)25-20-7-9-21(10-8-20)28-11-3-4-12-28/h1-2,5-10H,3-4,11-18H2,(H,25,29). The third-order valence-electron chi connectivity index (χ3n) is 5.81. The number of carbonyl (C=O) groups excluding carboxylic acids is 1. The Bertz CT molecular complexity index is 812. The first-order valence-corrected chi connectivity index (χ1v) is 10.5. The lowest BCUT2D eigenvalue weighted by molar-refractivity contribution is -0.117. The lowest BCUT2D eigenvalue weighted by atomic mass is 10.2. The van der Waals surface area contributed by atoms with Gasteiger partial charge in [0.05, 0.1) is 6.54 Å². The number of hydrogen-bond donors (Lipinski definition) is 1. The summed E-state index contributed by atoms with van der Waals surface area (Å²) >= 11 is 0. The lowest BCUT2D eigenvalue weighted by Gasteiger charge is -2.34. The second-order valence-corrected chi connectivity index (χ2v) is 7.93. The summed E-state index contributed by atoms with van der Waals surface area (Å²) < 4.78 is 13.8. The molecule has 2 aromatic rings. The van der Waals surface area contributed by atoms with Gasteiger partial charge in [-0.3, -0.25) is 14.6 Å². The van der Waals surface area contributed by atoms with Crippen molar-refractivity contribution in [3.05, 3.63) is 59.9 Å². The molecule has 154 valence electrons. The quantitative estimate of drug-likeness (QED) is 0.814. The first kappa shape index (κ1) is 19.9. The zero-order chi connectivity index (χ0) is 20.1. The van der Waals surface area contributed by atoms with E-state index in [1.165, 1.54) is 24.6 Å². The largest absolute Gasteiger partial charge is 0.372 e. The van der Waals surface area contributed by atoms with Crippen molar-refractivity contribution in [1.29, 1.82) is 0 Å². The molecule has 1 amide bonds. The summed E-state index contributed by atoms with van der Waals surface area (Å²) in [6.07, 6.45) is 2.51. The van der Waals surface area contributed by atoms with Crippen LogP contribution >= 0.6 is 0 Å². The van der Waals surface area contributed by atoms with E-state index in [0.29, 0.717) is 13.1 Å². The number of anilines is 2. The molecule has 2 aliphatic rings. The monoisotopic (exact) mass is 396 g/mol. The van der Waals surface area contributed by atoms with E-state index in [2.05, 4.69) is 32.1 Å². The Morgan fingerprint density at radius 1 is 0.862 bits per heavy atom. The molecule has 2 heterocycles. The Labute approximate surface area is 172 Å².